The Kier molecular flexibility index (Phi) is 4.85. The van der Waals surface area contributed by atoms with Crippen LogP contribution in [0.5, 0.6) is 0 Å². The van der Waals surface area contributed by atoms with E-state index >= 15 is 0 Å². The number of anilines is 1. The van der Waals surface area contributed by atoms with Crippen LogP contribution in [0.2, 0.25) is 0 Å². The smallest absolute Gasteiger partial charge is 0.349 e. The van der Waals surface area contributed by atoms with Crippen molar-refractivity contribution in [2.75, 3.05) is 24.6 Å². The summed E-state index contributed by atoms with van der Waals surface area (Å²) in [5.41, 5.74) is 3.19. The van der Waals surface area contributed by atoms with Gasteiger partial charge in [-0.3, -0.25) is 4.40 Å². The molecule has 2 aromatic heterocycles. The molecule has 0 N–H and O–H groups in total. The number of benzene rings is 1. The highest BCUT2D eigenvalue weighted by Gasteiger charge is 2.14. The molecule has 2 heterocycles. The Morgan fingerprint density at radius 2 is 1.88 bits per heavy atom. The summed E-state index contributed by atoms with van der Waals surface area (Å²) in [6.07, 6.45) is 3.72. The van der Waals surface area contributed by atoms with Gasteiger partial charge in [0.25, 0.3) is 0 Å². The van der Waals surface area contributed by atoms with Crippen LogP contribution in [0.25, 0.3) is 16.2 Å². The number of ether oxygens (including phenoxy) is 1. The third-order valence-electron chi connectivity index (χ3n) is 3.92. The molecule has 0 saturated carbocycles. The SMILES string of the molecule is CCOC(=O)c1cn2cc(-c3ccc(N(CC)CC)cc3)nc2s1. The fraction of sp³-hybridized carbons (Fsp3) is 0.333. The number of aromatic nitrogens is 2. The minimum Gasteiger partial charge on any atom is -0.462 e. The van der Waals surface area contributed by atoms with Crippen LogP contribution >= 0.6 is 11.3 Å². The van der Waals surface area contributed by atoms with Gasteiger partial charge < -0.3 is 9.64 Å². The number of carbonyl (C=O) groups is 1. The van der Waals surface area contributed by atoms with E-state index in [1.807, 2.05) is 10.6 Å². The average molecular weight is 343 g/mol. The lowest BCUT2D eigenvalue weighted by Crippen LogP contribution is -2.21. The van der Waals surface area contributed by atoms with Crippen molar-refractivity contribution in [2.24, 2.45) is 0 Å². The summed E-state index contributed by atoms with van der Waals surface area (Å²) < 4.78 is 6.90. The molecule has 3 rings (SSSR count). The van der Waals surface area contributed by atoms with Gasteiger partial charge in [0.1, 0.15) is 4.88 Å². The van der Waals surface area contributed by atoms with Crippen molar-refractivity contribution in [3.63, 3.8) is 0 Å². The van der Waals surface area contributed by atoms with Crippen LogP contribution in [0.1, 0.15) is 30.4 Å². The molecule has 0 aliphatic carbocycles. The molecular weight excluding hydrogens is 322 g/mol. The second-order valence-electron chi connectivity index (χ2n) is 5.35. The van der Waals surface area contributed by atoms with Gasteiger partial charge in [0.15, 0.2) is 4.96 Å². The van der Waals surface area contributed by atoms with E-state index in [1.165, 1.54) is 17.0 Å². The molecule has 6 heteroatoms. The molecule has 126 valence electrons. The summed E-state index contributed by atoms with van der Waals surface area (Å²) in [6, 6.07) is 8.43. The van der Waals surface area contributed by atoms with Gasteiger partial charge in [0.2, 0.25) is 0 Å². The van der Waals surface area contributed by atoms with Crippen molar-refractivity contribution in [1.82, 2.24) is 9.38 Å². The van der Waals surface area contributed by atoms with E-state index in [0.717, 1.165) is 29.3 Å². The molecule has 0 aliphatic heterocycles. The van der Waals surface area contributed by atoms with E-state index in [4.69, 9.17) is 4.74 Å². The number of esters is 1. The normalized spacial score (nSPS) is 11.0. The molecule has 3 aromatic rings. The molecule has 0 unspecified atom stereocenters. The van der Waals surface area contributed by atoms with E-state index in [1.54, 1.807) is 13.1 Å². The van der Waals surface area contributed by atoms with Crippen LogP contribution in [0.4, 0.5) is 5.69 Å². The summed E-state index contributed by atoms with van der Waals surface area (Å²) in [5, 5.41) is 0. The average Bonchev–Trinajstić information content (AvgIpc) is 3.16. The Morgan fingerprint density at radius 1 is 1.17 bits per heavy atom. The van der Waals surface area contributed by atoms with E-state index in [0.29, 0.717) is 11.5 Å². The quantitative estimate of drug-likeness (QED) is 0.633. The van der Waals surface area contributed by atoms with Crippen LogP contribution in [0.3, 0.4) is 0 Å². The number of hydrogen-bond acceptors (Lipinski definition) is 5. The zero-order valence-corrected chi connectivity index (χ0v) is 15.0. The predicted molar refractivity (Wildman–Crippen MR) is 98.0 cm³/mol. The maximum absolute atomic E-state index is 11.8. The number of rotatable bonds is 6. The minimum atomic E-state index is -0.293. The Bertz CT molecular complexity index is 800. The van der Waals surface area contributed by atoms with Crippen molar-refractivity contribution in [3.8, 4) is 11.3 Å². The maximum atomic E-state index is 11.8. The number of fused-ring (bicyclic) bond motifs is 1. The summed E-state index contributed by atoms with van der Waals surface area (Å²) in [4.78, 5) is 20.1. The Balaban J connectivity index is 1.84. The van der Waals surface area contributed by atoms with Gasteiger partial charge in [0.05, 0.1) is 12.3 Å². The predicted octanol–water partition coefficient (Wildman–Crippen LogP) is 4.09. The molecular formula is C18H21N3O2S. The van der Waals surface area contributed by atoms with Gasteiger partial charge in [-0.15, -0.1) is 0 Å². The fourth-order valence-electron chi connectivity index (χ4n) is 2.66. The Morgan fingerprint density at radius 3 is 2.46 bits per heavy atom. The van der Waals surface area contributed by atoms with Gasteiger partial charge in [-0.25, -0.2) is 9.78 Å². The van der Waals surface area contributed by atoms with Gasteiger partial charge >= 0.3 is 5.97 Å². The first-order valence-electron chi connectivity index (χ1n) is 8.17. The molecule has 24 heavy (non-hydrogen) atoms. The monoisotopic (exact) mass is 343 g/mol. The van der Waals surface area contributed by atoms with Gasteiger partial charge in [-0.05, 0) is 32.9 Å². The van der Waals surface area contributed by atoms with Gasteiger partial charge in [-0.1, -0.05) is 23.5 Å². The fourth-order valence-corrected chi connectivity index (χ4v) is 3.52. The third kappa shape index (κ3) is 3.14. The lowest BCUT2D eigenvalue weighted by Gasteiger charge is -2.20. The Hall–Kier alpha value is -2.34. The molecule has 5 nitrogen and oxygen atoms in total. The first-order valence-corrected chi connectivity index (χ1v) is 8.98. The topological polar surface area (TPSA) is 46.8 Å². The first kappa shape index (κ1) is 16.5. The zero-order chi connectivity index (χ0) is 17.1. The first-order chi connectivity index (χ1) is 11.7. The van der Waals surface area contributed by atoms with Crippen molar-refractivity contribution in [2.45, 2.75) is 20.8 Å². The van der Waals surface area contributed by atoms with Crippen molar-refractivity contribution < 1.29 is 9.53 Å². The Labute approximate surface area is 145 Å². The van der Waals surface area contributed by atoms with Crippen LogP contribution in [0.15, 0.2) is 36.7 Å². The minimum absolute atomic E-state index is 0.293. The summed E-state index contributed by atoms with van der Waals surface area (Å²) in [6.45, 7) is 8.48. The van der Waals surface area contributed by atoms with Gasteiger partial charge in [-0.2, -0.15) is 0 Å². The van der Waals surface area contributed by atoms with E-state index in [-0.39, 0.29) is 5.97 Å². The molecule has 0 fully saturated rings. The summed E-state index contributed by atoms with van der Waals surface area (Å²) >= 11 is 1.35. The zero-order valence-electron chi connectivity index (χ0n) is 14.2. The number of thiazole rings is 1. The van der Waals surface area contributed by atoms with E-state index < -0.39 is 0 Å². The molecule has 0 amide bonds. The highest BCUT2D eigenvalue weighted by molar-refractivity contribution is 7.18. The summed E-state index contributed by atoms with van der Waals surface area (Å²) in [5.74, 6) is -0.293. The van der Waals surface area contributed by atoms with Crippen LogP contribution in [-0.4, -0.2) is 35.1 Å². The summed E-state index contributed by atoms with van der Waals surface area (Å²) in [7, 11) is 0. The molecule has 0 saturated heterocycles. The van der Waals surface area contributed by atoms with Crippen LogP contribution in [-0.2, 0) is 4.74 Å². The molecule has 1 aromatic carbocycles. The number of carbonyl (C=O) groups excluding carboxylic acids is 1. The highest BCUT2D eigenvalue weighted by Crippen LogP contribution is 2.26. The second-order valence-corrected chi connectivity index (χ2v) is 6.36. The largest absolute Gasteiger partial charge is 0.462 e. The van der Waals surface area contributed by atoms with Crippen LogP contribution in [0, 0.1) is 0 Å². The lowest BCUT2D eigenvalue weighted by molar-refractivity contribution is 0.0531. The maximum Gasteiger partial charge on any atom is 0.349 e. The van der Waals surface area contributed by atoms with Crippen LogP contribution < -0.4 is 4.90 Å². The molecule has 0 bridgehead atoms. The van der Waals surface area contributed by atoms with Gasteiger partial charge in [0, 0.05) is 36.7 Å². The second kappa shape index (κ2) is 7.05. The number of imidazole rings is 1. The number of hydrogen-bond donors (Lipinski definition) is 0. The van der Waals surface area contributed by atoms with E-state index in [9.17, 15) is 4.79 Å². The standard InChI is InChI=1S/C18H21N3O2S/c1-4-20(5-2)14-9-7-13(8-10-14)15-11-21-12-16(17(22)23-6-3)24-18(21)19-15/h7-12H,4-6H2,1-3H3. The highest BCUT2D eigenvalue weighted by atomic mass is 32.1. The molecule has 0 radical (unpaired) electrons. The van der Waals surface area contributed by atoms with Crippen molar-refractivity contribution >= 4 is 28.0 Å². The molecule has 0 spiro atoms. The molecule has 0 atom stereocenters. The van der Waals surface area contributed by atoms with Crippen molar-refractivity contribution in [3.05, 3.63) is 41.5 Å². The van der Waals surface area contributed by atoms with Crippen molar-refractivity contribution in [1.29, 1.82) is 0 Å². The number of nitrogens with zero attached hydrogens (tertiary/aromatic N) is 3. The van der Waals surface area contributed by atoms with E-state index in [2.05, 4.69) is 48.0 Å². The third-order valence-corrected chi connectivity index (χ3v) is 4.90. The lowest BCUT2D eigenvalue weighted by atomic mass is 10.1. The molecule has 0 aliphatic rings.